The van der Waals surface area contributed by atoms with Gasteiger partial charge < -0.3 is 20.3 Å². The fraction of sp³-hybridized carbons (Fsp3) is 0.444. The van der Waals surface area contributed by atoms with Gasteiger partial charge in [-0.15, -0.1) is 11.8 Å². The molecule has 2 N–H and O–H groups in total. The molecule has 2 heterocycles. The lowest BCUT2D eigenvalue weighted by atomic mass is 9.95. The van der Waals surface area contributed by atoms with E-state index in [-0.39, 0.29) is 29.0 Å². The number of ether oxygens (including phenoxy) is 1. The van der Waals surface area contributed by atoms with Crippen LogP contribution in [-0.4, -0.2) is 46.6 Å². The number of hydrogen-bond donors (Lipinski definition) is 2. The Hall–Kier alpha value is -3.00. The predicted octanol–water partition coefficient (Wildman–Crippen LogP) is 3.89. The minimum atomic E-state index is -0.710. The third-order valence-corrected chi connectivity index (χ3v) is 8.47. The average Bonchev–Trinajstić information content (AvgIpc) is 3.29. The number of carbonyl (C=O) groups is 3. The second-order valence-electron chi connectivity index (χ2n) is 9.72. The van der Waals surface area contributed by atoms with Crippen LogP contribution < -0.4 is 15.4 Å². The first kappa shape index (κ1) is 25.1. The molecule has 0 saturated carbocycles. The molecule has 35 heavy (non-hydrogen) atoms. The van der Waals surface area contributed by atoms with Crippen LogP contribution in [-0.2, 0) is 16.1 Å². The van der Waals surface area contributed by atoms with Crippen molar-refractivity contribution < 1.29 is 19.1 Å². The molecule has 4 atom stereocenters. The van der Waals surface area contributed by atoms with Gasteiger partial charge in [0, 0.05) is 16.9 Å². The van der Waals surface area contributed by atoms with Gasteiger partial charge in [-0.3, -0.25) is 14.4 Å². The first-order chi connectivity index (χ1) is 16.7. The Morgan fingerprint density at radius 1 is 1.17 bits per heavy atom. The van der Waals surface area contributed by atoms with Gasteiger partial charge >= 0.3 is 0 Å². The van der Waals surface area contributed by atoms with Crippen LogP contribution in [0.5, 0.6) is 5.75 Å². The monoisotopic (exact) mass is 495 g/mol. The second-order valence-corrected chi connectivity index (χ2v) is 11.5. The van der Waals surface area contributed by atoms with Gasteiger partial charge in [0.1, 0.15) is 23.2 Å². The van der Waals surface area contributed by atoms with Crippen LogP contribution in [0.25, 0.3) is 0 Å². The van der Waals surface area contributed by atoms with Crippen molar-refractivity contribution in [3.05, 3.63) is 65.2 Å². The van der Waals surface area contributed by atoms with E-state index in [1.165, 1.54) is 0 Å². The molecule has 0 aliphatic carbocycles. The van der Waals surface area contributed by atoms with Crippen LogP contribution in [0.4, 0.5) is 0 Å². The van der Waals surface area contributed by atoms with Crippen molar-refractivity contribution in [2.45, 2.75) is 62.9 Å². The van der Waals surface area contributed by atoms with E-state index in [1.54, 1.807) is 23.8 Å². The minimum Gasteiger partial charge on any atom is -0.497 e. The number of rotatable bonds is 8. The van der Waals surface area contributed by atoms with E-state index in [0.717, 1.165) is 23.3 Å². The predicted molar refractivity (Wildman–Crippen MR) is 137 cm³/mol. The highest BCUT2D eigenvalue weighted by Gasteiger charge is 2.57. The summed E-state index contributed by atoms with van der Waals surface area (Å²) < 4.78 is 4.75. The van der Waals surface area contributed by atoms with Gasteiger partial charge in [0.05, 0.1) is 7.11 Å². The molecule has 4 rings (SSSR count). The van der Waals surface area contributed by atoms with E-state index < -0.39 is 16.8 Å². The maximum atomic E-state index is 13.7. The molecule has 2 aliphatic heterocycles. The van der Waals surface area contributed by atoms with Crippen LogP contribution in [0.3, 0.4) is 0 Å². The van der Waals surface area contributed by atoms with Crippen molar-refractivity contribution >= 4 is 29.5 Å². The van der Waals surface area contributed by atoms with Gasteiger partial charge in [-0.1, -0.05) is 50.6 Å². The number of hydrogen-bond acceptors (Lipinski definition) is 5. The zero-order valence-electron chi connectivity index (χ0n) is 20.8. The SMILES string of the molecule is CC[C@H](C)[C@H](NC(=O)[C@H]1N2C(=O)c3ccccc3[C@@H]2SC1(C)C)C(=O)NCc1cccc(OC)c1. The third-order valence-electron chi connectivity index (χ3n) is 6.94. The van der Waals surface area contributed by atoms with E-state index in [9.17, 15) is 14.4 Å². The van der Waals surface area contributed by atoms with Crippen LogP contribution in [0.2, 0.25) is 0 Å². The Morgan fingerprint density at radius 2 is 1.91 bits per heavy atom. The highest BCUT2D eigenvalue weighted by atomic mass is 32.2. The van der Waals surface area contributed by atoms with E-state index in [2.05, 4.69) is 10.6 Å². The molecule has 186 valence electrons. The van der Waals surface area contributed by atoms with Gasteiger partial charge in [-0.05, 0) is 49.1 Å². The van der Waals surface area contributed by atoms with Crippen molar-refractivity contribution in [1.29, 1.82) is 0 Å². The molecule has 7 nitrogen and oxygen atoms in total. The highest BCUT2D eigenvalue weighted by Crippen LogP contribution is 2.56. The largest absolute Gasteiger partial charge is 0.497 e. The summed E-state index contributed by atoms with van der Waals surface area (Å²) in [5.74, 6) is -0.0371. The molecule has 2 aliphatic rings. The number of amides is 3. The molecule has 0 spiro atoms. The normalized spacial score (nSPS) is 21.6. The van der Waals surface area contributed by atoms with Gasteiger partial charge in [0.15, 0.2) is 0 Å². The Kier molecular flexibility index (Phi) is 7.12. The first-order valence-electron chi connectivity index (χ1n) is 12.0. The first-order valence-corrected chi connectivity index (χ1v) is 12.9. The summed E-state index contributed by atoms with van der Waals surface area (Å²) in [6.07, 6.45) is 0.719. The lowest BCUT2D eigenvalue weighted by Gasteiger charge is -2.32. The minimum absolute atomic E-state index is 0.0799. The molecule has 1 saturated heterocycles. The fourth-order valence-corrected chi connectivity index (χ4v) is 6.41. The molecule has 0 radical (unpaired) electrons. The van der Waals surface area contributed by atoms with Crippen molar-refractivity contribution in [3.8, 4) is 5.75 Å². The quantitative estimate of drug-likeness (QED) is 0.580. The number of carbonyl (C=O) groups excluding carboxylic acids is 3. The Balaban J connectivity index is 1.51. The molecule has 8 heteroatoms. The molecular formula is C27H33N3O4S. The lowest BCUT2D eigenvalue weighted by Crippen LogP contribution is -2.58. The topological polar surface area (TPSA) is 87.7 Å². The summed E-state index contributed by atoms with van der Waals surface area (Å²) in [4.78, 5) is 41.8. The molecule has 0 bridgehead atoms. The van der Waals surface area contributed by atoms with Crippen LogP contribution in [0, 0.1) is 5.92 Å². The maximum absolute atomic E-state index is 13.7. The molecule has 0 unspecified atom stereocenters. The fourth-order valence-electron chi connectivity index (χ4n) is 4.82. The van der Waals surface area contributed by atoms with Crippen LogP contribution in [0.15, 0.2) is 48.5 Å². The number of thioether (sulfide) groups is 1. The van der Waals surface area contributed by atoms with Gasteiger partial charge in [0.2, 0.25) is 11.8 Å². The van der Waals surface area contributed by atoms with E-state index in [4.69, 9.17) is 4.74 Å². The second kappa shape index (κ2) is 9.93. The van der Waals surface area contributed by atoms with E-state index >= 15 is 0 Å². The average molecular weight is 496 g/mol. The van der Waals surface area contributed by atoms with Gasteiger partial charge in [-0.25, -0.2) is 0 Å². The van der Waals surface area contributed by atoms with Crippen molar-refractivity contribution in [1.82, 2.24) is 15.5 Å². The number of benzene rings is 2. The van der Waals surface area contributed by atoms with Gasteiger partial charge in [-0.2, -0.15) is 0 Å². The lowest BCUT2D eigenvalue weighted by molar-refractivity contribution is -0.133. The summed E-state index contributed by atoms with van der Waals surface area (Å²) in [6, 6.07) is 13.6. The van der Waals surface area contributed by atoms with E-state index in [0.29, 0.717) is 12.1 Å². The summed E-state index contributed by atoms with van der Waals surface area (Å²) in [5.41, 5.74) is 2.50. The number of nitrogens with zero attached hydrogens (tertiary/aromatic N) is 1. The number of fused-ring (bicyclic) bond motifs is 3. The van der Waals surface area contributed by atoms with Crippen LogP contribution >= 0.6 is 11.8 Å². The summed E-state index contributed by atoms with van der Waals surface area (Å²) >= 11 is 1.61. The number of nitrogens with one attached hydrogen (secondary N) is 2. The summed E-state index contributed by atoms with van der Waals surface area (Å²) in [7, 11) is 1.60. The molecule has 2 aromatic rings. The Morgan fingerprint density at radius 3 is 2.63 bits per heavy atom. The molecule has 0 aromatic heterocycles. The molecular weight excluding hydrogens is 462 g/mol. The standard InChI is InChI=1S/C27H33N3O4S/c1-6-16(2)21(23(31)28-15-17-10-9-11-18(14-17)34-5)29-24(32)22-27(3,4)35-26-20-13-8-7-12-19(20)25(33)30(22)26/h7-14,16,21-22,26H,6,15H2,1-5H3,(H,28,31)(H,29,32)/t16-,21-,22+,26-/m0/s1. The summed E-state index contributed by atoms with van der Waals surface area (Å²) in [5, 5.41) is 5.76. The zero-order chi connectivity index (χ0) is 25.3. The Bertz CT molecular complexity index is 1130. The Labute approximate surface area is 211 Å². The molecule has 2 aromatic carbocycles. The highest BCUT2D eigenvalue weighted by molar-refractivity contribution is 8.01. The number of methoxy groups -OCH3 is 1. The smallest absolute Gasteiger partial charge is 0.256 e. The molecule has 1 fully saturated rings. The van der Waals surface area contributed by atoms with E-state index in [1.807, 2.05) is 76.2 Å². The molecule has 3 amide bonds. The van der Waals surface area contributed by atoms with Crippen LogP contribution in [0.1, 0.15) is 61.0 Å². The summed E-state index contributed by atoms with van der Waals surface area (Å²) in [6.45, 7) is 8.23. The van der Waals surface area contributed by atoms with Crippen molar-refractivity contribution in [2.75, 3.05) is 7.11 Å². The zero-order valence-corrected chi connectivity index (χ0v) is 21.6. The van der Waals surface area contributed by atoms with Gasteiger partial charge in [0.25, 0.3) is 5.91 Å². The maximum Gasteiger partial charge on any atom is 0.256 e. The van der Waals surface area contributed by atoms with Crippen molar-refractivity contribution in [3.63, 3.8) is 0 Å². The third kappa shape index (κ3) is 4.76. The van der Waals surface area contributed by atoms with Crippen molar-refractivity contribution in [2.24, 2.45) is 5.92 Å².